The zero-order chi connectivity index (χ0) is 12.7. The lowest BCUT2D eigenvalue weighted by Crippen LogP contribution is -2.50. The number of rotatable bonds is 7. The number of nitrogens with two attached hydrogens (primary N) is 1. The number of carbonyl (C=O) groups is 2. The smallest absolute Gasteiger partial charge is 0.326 e. The van der Waals surface area contributed by atoms with E-state index in [-0.39, 0.29) is 11.8 Å². The summed E-state index contributed by atoms with van der Waals surface area (Å²) in [6, 6.07) is -1.47. The van der Waals surface area contributed by atoms with Gasteiger partial charge in [-0.2, -0.15) is 0 Å². The van der Waals surface area contributed by atoms with Gasteiger partial charge in [0.05, 0.1) is 6.04 Å². The molecule has 0 bridgehead atoms. The molecular formula is C11H22N2O3. The number of carbonyl (C=O) groups excluding carboxylic acids is 1. The predicted molar refractivity (Wildman–Crippen MR) is 61.9 cm³/mol. The number of carboxylic acids is 1. The van der Waals surface area contributed by atoms with Crippen LogP contribution >= 0.6 is 0 Å². The molecule has 0 aromatic heterocycles. The minimum absolute atomic E-state index is 0.153. The molecule has 0 rings (SSSR count). The fourth-order valence-corrected chi connectivity index (χ4v) is 1.33. The maximum absolute atomic E-state index is 11.6. The molecule has 16 heavy (non-hydrogen) atoms. The quantitative estimate of drug-likeness (QED) is 0.601. The van der Waals surface area contributed by atoms with E-state index in [1.807, 2.05) is 6.92 Å². The summed E-state index contributed by atoms with van der Waals surface area (Å²) in [7, 11) is 0. The molecule has 0 aliphatic heterocycles. The van der Waals surface area contributed by atoms with Gasteiger partial charge < -0.3 is 16.2 Å². The number of amides is 1. The lowest BCUT2D eigenvalue weighted by atomic mass is 10.0. The molecule has 0 aromatic rings. The monoisotopic (exact) mass is 230 g/mol. The first-order valence-electron chi connectivity index (χ1n) is 5.68. The van der Waals surface area contributed by atoms with Crippen LogP contribution in [0.5, 0.6) is 0 Å². The molecule has 1 amide bonds. The van der Waals surface area contributed by atoms with Gasteiger partial charge >= 0.3 is 5.97 Å². The first kappa shape index (κ1) is 14.9. The lowest BCUT2D eigenvalue weighted by molar-refractivity contribution is -0.143. The molecule has 5 nitrogen and oxygen atoms in total. The van der Waals surface area contributed by atoms with Crippen molar-refractivity contribution in [2.24, 2.45) is 11.7 Å². The van der Waals surface area contributed by atoms with Crippen molar-refractivity contribution in [1.82, 2.24) is 5.32 Å². The summed E-state index contributed by atoms with van der Waals surface area (Å²) in [6.07, 6.45) is 2.42. The second-order valence-corrected chi connectivity index (χ2v) is 4.32. The summed E-state index contributed by atoms with van der Waals surface area (Å²) in [5.41, 5.74) is 5.65. The first-order chi connectivity index (χ1) is 7.40. The standard InChI is InChI=1S/C11H22N2O3/c1-4-5-6-8(12)10(14)13-9(7(2)3)11(15)16/h7-9H,4-6,12H2,1-3H3,(H,13,14)(H,15,16). The van der Waals surface area contributed by atoms with Crippen molar-refractivity contribution >= 4 is 11.9 Å². The highest BCUT2D eigenvalue weighted by Gasteiger charge is 2.25. The van der Waals surface area contributed by atoms with E-state index in [1.165, 1.54) is 0 Å². The van der Waals surface area contributed by atoms with E-state index < -0.39 is 18.1 Å². The van der Waals surface area contributed by atoms with Crippen LogP contribution in [0.3, 0.4) is 0 Å². The van der Waals surface area contributed by atoms with Crippen LogP contribution in [-0.4, -0.2) is 29.1 Å². The van der Waals surface area contributed by atoms with Crippen molar-refractivity contribution in [3.63, 3.8) is 0 Å². The molecule has 0 saturated heterocycles. The van der Waals surface area contributed by atoms with Gasteiger partial charge in [0, 0.05) is 0 Å². The predicted octanol–water partition coefficient (Wildman–Crippen LogP) is 0.729. The average molecular weight is 230 g/mol. The third kappa shape index (κ3) is 5.11. The zero-order valence-corrected chi connectivity index (χ0v) is 10.2. The Bertz CT molecular complexity index is 241. The van der Waals surface area contributed by atoms with Gasteiger partial charge in [-0.25, -0.2) is 4.79 Å². The van der Waals surface area contributed by atoms with Gasteiger partial charge in [0.25, 0.3) is 0 Å². The topological polar surface area (TPSA) is 92.4 Å². The maximum Gasteiger partial charge on any atom is 0.326 e. The van der Waals surface area contributed by atoms with Crippen molar-refractivity contribution in [2.45, 2.75) is 52.1 Å². The van der Waals surface area contributed by atoms with Gasteiger partial charge in [0.2, 0.25) is 5.91 Å². The number of unbranched alkanes of at least 4 members (excludes halogenated alkanes) is 1. The van der Waals surface area contributed by atoms with E-state index in [0.29, 0.717) is 6.42 Å². The summed E-state index contributed by atoms with van der Waals surface area (Å²) in [4.78, 5) is 22.4. The third-order valence-electron chi connectivity index (χ3n) is 2.44. The third-order valence-corrected chi connectivity index (χ3v) is 2.44. The zero-order valence-electron chi connectivity index (χ0n) is 10.2. The van der Waals surface area contributed by atoms with Crippen LogP contribution in [0.25, 0.3) is 0 Å². The van der Waals surface area contributed by atoms with E-state index >= 15 is 0 Å². The molecule has 2 atom stereocenters. The maximum atomic E-state index is 11.6. The van der Waals surface area contributed by atoms with Gasteiger partial charge in [0.1, 0.15) is 6.04 Å². The van der Waals surface area contributed by atoms with Crippen LogP contribution in [0.1, 0.15) is 40.0 Å². The molecule has 0 spiro atoms. The number of carboxylic acid groups (broad SMARTS) is 1. The number of aliphatic carboxylic acids is 1. The summed E-state index contributed by atoms with van der Waals surface area (Å²) in [6.45, 7) is 5.51. The van der Waals surface area contributed by atoms with Crippen molar-refractivity contribution in [3.05, 3.63) is 0 Å². The summed E-state index contributed by atoms with van der Waals surface area (Å²) in [5.74, 6) is -1.56. The summed E-state index contributed by atoms with van der Waals surface area (Å²) >= 11 is 0. The first-order valence-corrected chi connectivity index (χ1v) is 5.68. The Hall–Kier alpha value is -1.10. The largest absolute Gasteiger partial charge is 0.480 e. The number of hydrogen-bond acceptors (Lipinski definition) is 3. The lowest BCUT2D eigenvalue weighted by Gasteiger charge is -2.20. The Morgan fingerprint density at radius 2 is 1.94 bits per heavy atom. The molecule has 0 fully saturated rings. The molecule has 0 heterocycles. The van der Waals surface area contributed by atoms with Crippen LogP contribution in [0.15, 0.2) is 0 Å². The fourth-order valence-electron chi connectivity index (χ4n) is 1.33. The molecule has 5 heteroatoms. The van der Waals surface area contributed by atoms with E-state index in [4.69, 9.17) is 10.8 Å². The minimum Gasteiger partial charge on any atom is -0.480 e. The Labute approximate surface area is 96.4 Å². The Morgan fingerprint density at radius 1 is 1.38 bits per heavy atom. The highest BCUT2D eigenvalue weighted by molar-refractivity contribution is 5.86. The van der Waals surface area contributed by atoms with Crippen LogP contribution in [0.4, 0.5) is 0 Å². The number of nitrogens with one attached hydrogen (secondary N) is 1. The van der Waals surface area contributed by atoms with Gasteiger partial charge in [-0.3, -0.25) is 4.79 Å². The highest BCUT2D eigenvalue weighted by atomic mass is 16.4. The second-order valence-electron chi connectivity index (χ2n) is 4.32. The highest BCUT2D eigenvalue weighted by Crippen LogP contribution is 2.04. The fraction of sp³-hybridized carbons (Fsp3) is 0.818. The van der Waals surface area contributed by atoms with Crippen molar-refractivity contribution in [2.75, 3.05) is 0 Å². The van der Waals surface area contributed by atoms with Crippen molar-refractivity contribution in [1.29, 1.82) is 0 Å². The van der Waals surface area contributed by atoms with Gasteiger partial charge in [-0.05, 0) is 12.3 Å². The van der Waals surface area contributed by atoms with E-state index in [0.717, 1.165) is 12.8 Å². The van der Waals surface area contributed by atoms with E-state index in [1.54, 1.807) is 13.8 Å². The van der Waals surface area contributed by atoms with Crippen molar-refractivity contribution in [3.8, 4) is 0 Å². The Morgan fingerprint density at radius 3 is 2.31 bits per heavy atom. The molecule has 0 aliphatic rings. The van der Waals surface area contributed by atoms with E-state index in [9.17, 15) is 9.59 Å². The normalized spacial score (nSPS) is 14.6. The van der Waals surface area contributed by atoms with E-state index in [2.05, 4.69) is 5.32 Å². The molecule has 94 valence electrons. The summed E-state index contributed by atoms with van der Waals surface area (Å²) < 4.78 is 0. The Kier molecular flexibility index (Phi) is 6.72. The number of hydrogen-bond donors (Lipinski definition) is 3. The van der Waals surface area contributed by atoms with Gasteiger partial charge in [0.15, 0.2) is 0 Å². The molecular weight excluding hydrogens is 208 g/mol. The van der Waals surface area contributed by atoms with Gasteiger partial charge in [-0.15, -0.1) is 0 Å². The average Bonchev–Trinajstić information content (AvgIpc) is 2.20. The minimum atomic E-state index is -1.02. The SMILES string of the molecule is CCCCC(N)C(=O)NC(C(=O)O)C(C)C. The van der Waals surface area contributed by atoms with Gasteiger partial charge in [-0.1, -0.05) is 33.6 Å². The summed E-state index contributed by atoms with van der Waals surface area (Å²) in [5, 5.41) is 11.4. The molecule has 0 aromatic carbocycles. The Balaban J connectivity index is 4.24. The van der Waals surface area contributed by atoms with Crippen LogP contribution in [0.2, 0.25) is 0 Å². The molecule has 4 N–H and O–H groups in total. The van der Waals surface area contributed by atoms with Crippen molar-refractivity contribution < 1.29 is 14.7 Å². The van der Waals surface area contributed by atoms with Crippen LogP contribution < -0.4 is 11.1 Å². The molecule has 2 unspecified atom stereocenters. The molecule has 0 saturated carbocycles. The van der Waals surface area contributed by atoms with Crippen LogP contribution in [0, 0.1) is 5.92 Å². The van der Waals surface area contributed by atoms with Crippen LogP contribution in [-0.2, 0) is 9.59 Å². The molecule has 0 radical (unpaired) electrons. The second kappa shape index (κ2) is 7.22. The molecule has 0 aliphatic carbocycles.